The van der Waals surface area contributed by atoms with Gasteiger partial charge in [0, 0.05) is 17.7 Å². The van der Waals surface area contributed by atoms with Gasteiger partial charge in [0.25, 0.3) is 5.69 Å². The highest BCUT2D eigenvalue weighted by atomic mass is 32.2. The number of thiol groups is 1. The fraction of sp³-hybridized carbons (Fsp3) is 0.143. The fourth-order valence-corrected chi connectivity index (χ4v) is 1.18. The third kappa shape index (κ3) is 2.21. The van der Waals surface area contributed by atoms with E-state index in [1.165, 1.54) is 12.1 Å². The quantitative estimate of drug-likeness (QED) is 0.336. The molecule has 1 N–H and O–H groups in total. The van der Waals surface area contributed by atoms with Crippen molar-refractivity contribution in [1.82, 2.24) is 0 Å². The monoisotopic (exact) mass is 186 g/mol. The molecule has 0 heterocycles. The Morgan fingerprint density at radius 1 is 1.42 bits per heavy atom. The van der Waals surface area contributed by atoms with Gasteiger partial charge in [0.05, 0.1) is 4.92 Å². The summed E-state index contributed by atoms with van der Waals surface area (Å²) in [6.45, 7) is 0. The van der Waals surface area contributed by atoms with E-state index in [-0.39, 0.29) is 17.7 Å². The third-order valence-electron chi connectivity index (χ3n) is 1.40. The van der Waals surface area contributed by atoms with Crippen molar-refractivity contribution in [1.29, 1.82) is 0 Å². The maximum Gasteiger partial charge on any atom is 0.269 e. The van der Waals surface area contributed by atoms with Crippen molar-refractivity contribution in [3.05, 3.63) is 39.9 Å². The van der Waals surface area contributed by atoms with E-state index < -0.39 is 4.92 Å². The lowest BCUT2D eigenvalue weighted by atomic mass is 10.2. The second-order valence-corrected chi connectivity index (χ2v) is 2.82. The molecule has 0 bridgehead atoms. The molecule has 0 saturated heterocycles. The van der Waals surface area contributed by atoms with Gasteiger partial charge in [0.1, 0.15) is 12.0 Å². The van der Waals surface area contributed by atoms with Crippen LogP contribution >= 0.6 is 0 Å². The molecule has 0 amide bonds. The van der Waals surface area contributed by atoms with Crippen LogP contribution in [0.3, 0.4) is 0 Å². The number of benzene rings is 1. The molecule has 1 rings (SSSR count). The molecule has 0 aliphatic heterocycles. The standard InChI is InChI=1S/C7H7NO3S/c9-8(10)7-3-1-6(2-4-7)5-12-11/h1-4,11H,5H2/p+1. The largest absolute Gasteiger partial charge is 0.269 e. The maximum atomic E-state index is 10.2. The molecule has 64 valence electrons. The number of rotatable bonds is 3. The summed E-state index contributed by atoms with van der Waals surface area (Å²) in [5, 5.41) is 10.2. The minimum Gasteiger partial charge on any atom is -0.258 e. The number of nitrogens with zero attached hydrogens (tertiary/aromatic N) is 1. The minimum absolute atomic E-state index is 0.0772. The van der Waals surface area contributed by atoms with Crippen LogP contribution in [0.1, 0.15) is 5.56 Å². The number of nitro benzene ring substituents is 1. The Kier molecular flexibility index (Phi) is 3.07. The summed E-state index contributed by atoms with van der Waals surface area (Å²) in [6, 6.07) is 6.14. The van der Waals surface area contributed by atoms with Crippen molar-refractivity contribution < 1.29 is 9.48 Å². The van der Waals surface area contributed by atoms with E-state index in [1.807, 2.05) is 0 Å². The Morgan fingerprint density at radius 2 is 2.00 bits per heavy atom. The predicted molar refractivity (Wildman–Crippen MR) is 48.2 cm³/mol. The number of hydrogen-bond acceptors (Lipinski definition) is 3. The lowest BCUT2D eigenvalue weighted by molar-refractivity contribution is -0.384. The zero-order valence-electron chi connectivity index (χ0n) is 6.17. The molecule has 1 aromatic rings. The molecular formula is C7H8NO3S+. The molecule has 0 spiro atoms. The smallest absolute Gasteiger partial charge is 0.258 e. The van der Waals surface area contributed by atoms with E-state index >= 15 is 0 Å². The Balaban J connectivity index is 2.78. The van der Waals surface area contributed by atoms with Crippen LogP contribution in [-0.2, 0) is 17.8 Å². The van der Waals surface area contributed by atoms with Crippen molar-refractivity contribution in [2.24, 2.45) is 0 Å². The number of non-ortho nitro benzene ring substituents is 1. The maximum absolute atomic E-state index is 10.2. The van der Waals surface area contributed by atoms with Crippen LogP contribution < -0.4 is 0 Å². The van der Waals surface area contributed by atoms with Gasteiger partial charge in [0.15, 0.2) is 5.75 Å². The molecule has 5 heteroatoms. The van der Waals surface area contributed by atoms with E-state index in [9.17, 15) is 10.1 Å². The highest BCUT2D eigenvalue weighted by molar-refractivity contribution is 7.71. The first-order valence-electron chi connectivity index (χ1n) is 3.28. The first-order chi connectivity index (χ1) is 5.74. The first-order valence-corrected chi connectivity index (χ1v) is 4.31. The number of nitro groups is 1. The summed E-state index contributed by atoms with van der Waals surface area (Å²) in [5.74, 6) is 0.512. The van der Waals surface area contributed by atoms with Gasteiger partial charge in [-0.05, 0) is 12.1 Å². The second-order valence-electron chi connectivity index (χ2n) is 2.22. The fourth-order valence-electron chi connectivity index (χ4n) is 0.805. The second kappa shape index (κ2) is 4.08. The van der Waals surface area contributed by atoms with Crippen LogP contribution in [0.5, 0.6) is 0 Å². The molecule has 0 saturated carbocycles. The zero-order valence-corrected chi connectivity index (χ0v) is 7.07. The first kappa shape index (κ1) is 9.02. The average molecular weight is 186 g/mol. The Morgan fingerprint density at radius 3 is 2.42 bits per heavy atom. The molecule has 12 heavy (non-hydrogen) atoms. The Hall–Kier alpha value is -1.07. The van der Waals surface area contributed by atoms with Gasteiger partial charge in [-0.1, -0.05) is 0 Å². The van der Waals surface area contributed by atoms with Crippen LogP contribution in [-0.4, -0.2) is 9.48 Å². The van der Waals surface area contributed by atoms with E-state index in [1.54, 1.807) is 12.1 Å². The van der Waals surface area contributed by atoms with Crippen molar-refractivity contribution in [3.63, 3.8) is 0 Å². The Bertz CT molecular complexity index is 272. The van der Waals surface area contributed by atoms with Crippen molar-refractivity contribution >= 4 is 17.7 Å². The van der Waals surface area contributed by atoms with E-state index in [2.05, 4.69) is 0 Å². The highest BCUT2D eigenvalue weighted by Crippen LogP contribution is 2.11. The molecule has 0 aromatic heterocycles. The topological polar surface area (TPSA) is 63.4 Å². The molecule has 0 atom stereocenters. The zero-order chi connectivity index (χ0) is 8.97. The minimum atomic E-state index is -0.444. The van der Waals surface area contributed by atoms with Gasteiger partial charge in [-0.25, -0.2) is 0 Å². The highest BCUT2D eigenvalue weighted by Gasteiger charge is 2.04. The van der Waals surface area contributed by atoms with Crippen molar-refractivity contribution in [3.8, 4) is 0 Å². The summed E-state index contributed by atoms with van der Waals surface area (Å²) in [7, 11) is 0. The van der Waals surface area contributed by atoms with Gasteiger partial charge in [-0.2, -0.15) is 4.55 Å². The van der Waals surface area contributed by atoms with Crippen LogP contribution in [0.4, 0.5) is 5.69 Å². The van der Waals surface area contributed by atoms with Crippen LogP contribution in [0.2, 0.25) is 0 Å². The molecule has 0 aliphatic rings. The summed E-state index contributed by atoms with van der Waals surface area (Å²) in [4.78, 5) is 9.78. The summed E-state index contributed by atoms with van der Waals surface area (Å²) >= 11 is 0.278. The number of hydrogen-bond donors (Lipinski definition) is 1. The van der Waals surface area contributed by atoms with Crippen LogP contribution in [0.15, 0.2) is 24.3 Å². The molecule has 0 fully saturated rings. The van der Waals surface area contributed by atoms with Gasteiger partial charge in [0.2, 0.25) is 0 Å². The van der Waals surface area contributed by atoms with E-state index in [0.29, 0.717) is 5.75 Å². The lowest BCUT2D eigenvalue weighted by Gasteiger charge is -1.92. The van der Waals surface area contributed by atoms with Gasteiger partial charge in [-0.15, -0.1) is 0 Å². The van der Waals surface area contributed by atoms with Gasteiger partial charge in [-0.3, -0.25) is 10.1 Å². The van der Waals surface area contributed by atoms with Crippen molar-refractivity contribution in [2.75, 3.05) is 0 Å². The van der Waals surface area contributed by atoms with Gasteiger partial charge < -0.3 is 0 Å². The van der Waals surface area contributed by atoms with Gasteiger partial charge >= 0.3 is 0 Å². The summed E-state index contributed by atoms with van der Waals surface area (Å²) in [6.07, 6.45) is 0. The summed E-state index contributed by atoms with van der Waals surface area (Å²) < 4.78 is 8.54. The third-order valence-corrected chi connectivity index (χ3v) is 1.91. The normalized spacial score (nSPS) is 9.75. The van der Waals surface area contributed by atoms with E-state index in [4.69, 9.17) is 4.55 Å². The van der Waals surface area contributed by atoms with Crippen molar-refractivity contribution in [2.45, 2.75) is 5.75 Å². The SMILES string of the molecule is O=[N+]([O-])c1ccc(C[SH+]O)cc1. The lowest BCUT2D eigenvalue weighted by Crippen LogP contribution is -1.89. The van der Waals surface area contributed by atoms with Crippen LogP contribution in [0.25, 0.3) is 0 Å². The molecule has 0 aliphatic carbocycles. The van der Waals surface area contributed by atoms with Crippen LogP contribution in [0, 0.1) is 10.1 Å². The molecule has 1 aromatic carbocycles. The summed E-state index contributed by atoms with van der Waals surface area (Å²) in [5.41, 5.74) is 0.970. The average Bonchev–Trinajstić information content (AvgIpc) is 2.06. The molecule has 0 unspecified atom stereocenters. The Labute approximate surface area is 73.6 Å². The van der Waals surface area contributed by atoms with E-state index in [0.717, 1.165) is 5.56 Å². The molecule has 0 radical (unpaired) electrons. The molecular weight excluding hydrogens is 178 g/mol. The predicted octanol–water partition coefficient (Wildman–Crippen LogP) is 1.38. The molecule has 4 nitrogen and oxygen atoms in total.